The molecule has 5 N–H and O–H groups in total. The molecule has 2 rings (SSSR count). The first-order chi connectivity index (χ1) is 13.1. The number of sulfonamides is 1. The Morgan fingerprint density at radius 3 is 2.54 bits per heavy atom. The lowest BCUT2D eigenvalue weighted by molar-refractivity contribution is 0.107. The van der Waals surface area contributed by atoms with Gasteiger partial charge in [0.25, 0.3) is 0 Å². The lowest BCUT2D eigenvalue weighted by atomic mass is 10.1. The number of carbonyl (C=O) groups excluding carboxylic acids is 1. The average Bonchev–Trinajstić information content (AvgIpc) is 2.64. The highest BCUT2D eigenvalue weighted by molar-refractivity contribution is 7.89. The van der Waals surface area contributed by atoms with E-state index in [1.54, 1.807) is 25.1 Å². The van der Waals surface area contributed by atoms with Gasteiger partial charge in [-0.3, -0.25) is 0 Å². The fourth-order valence-electron chi connectivity index (χ4n) is 2.30. The molecule has 0 aliphatic carbocycles. The lowest BCUT2D eigenvalue weighted by Gasteiger charge is -2.17. The van der Waals surface area contributed by atoms with Crippen LogP contribution in [0.25, 0.3) is 0 Å². The maximum atomic E-state index is 13.0. The van der Waals surface area contributed by atoms with Crippen molar-refractivity contribution in [3.63, 3.8) is 0 Å². The first kappa shape index (κ1) is 21.6. The molecule has 2 amide bonds. The Labute approximate surface area is 162 Å². The zero-order valence-corrected chi connectivity index (χ0v) is 15.9. The van der Waals surface area contributed by atoms with Gasteiger partial charge in [-0.2, -0.15) is 0 Å². The van der Waals surface area contributed by atoms with E-state index in [-0.39, 0.29) is 23.8 Å². The minimum absolute atomic E-state index is 0.0191. The van der Waals surface area contributed by atoms with E-state index in [0.29, 0.717) is 5.56 Å². The second kappa shape index (κ2) is 9.49. The molecule has 0 heterocycles. The molecule has 0 saturated carbocycles. The third kappa shape index (κ3) is 6.80. The van der Waals surface area contributed by atoms with Crippen molar-refractivity contribution in [1.82, 2.24) is 10.6 Å². The molecule has 10 heteroatoms. The molecule has 0 unspecified atom stereocenters. The van der Waals surface area contributed by atoms with Gasteiger partial charge in [-0.25, -0.2) is 22.7 Å². The lowest BCUT2D eigenvalue weighted by Crippen LogP contribution is -2.42. The zero-order valence-electron chi connectivity index (χ0n) is 15.1. The van der Waals surface area contributed by atoms with E-state index in [4.69, 9.17) is 9.88 Å². The molecular formula is C18H22FN3O5S. The molecular weight excluding hydrogens is 389 g/mol. The molecule has 2 aromatic rings. The Morgan fingerprint density at radius 1 is 1.25 bits per heavy atom. The van der Waals surface area contributed by atoms with E-state index in [1.165, 1.54) is 30.3 Å². The monoisotopic (exact) mass is 411 g/mol. The average molecular weight is 411 g/mol. The highest BCUT2D eigenvalue weighted by Gasteiger charge is 2.13. The number of nitrogens with one attached hydrogen (secondary N) is 2. The summed E-state index contributed by atoms with van der Waals surface area (Å²) in [6, 6.07) is 10.4. The standard InChI is InChI=1S/C18H22FN3O5S/c1-12(13-5-7-17(8-6-13)28(20,25)26)22-18(24)21-10-15(23)11-27-16-4-2-3-14(19)9-16/h2-9,12,15,23H,10-11H2,1H3,(H2,20,25,26)(H2,21,22,24)/t12-,15-/m1/s1. The van der Waals surface area contributed by atoms with Crippen LogP contribution in [0.5, 0.6) is 5.75 Å². The van der Waals surface area contributed by atoms with Crippen LogP contribution in [0.1, 0.15) is 18.5 Å². The summed E-state index contributed by atoms with van der Waals surface area (Å²) in [6.07, 6.45) is -0.988. The number of halogens is 1. The van der Waals surface area contributed by atoms with Crippen molar-refractivity contribution in [2.24, 2.45) is 5.14 Å². The number of primary sulfonamides is 1. The molecule has 28 heavy (non-hydrogen) atoms. The summed E-state index contributed by atoms with van der Waals surface area (Å²) in [6.45, 7) is 1.53. The van der Waals surface area contributed by atoms with Gasteiger partial charge in [0.15, 0.2) is 0 Å². The first-order valence-corrected chi connectivity index (χ1v) is 9.93. The SMILES string of the molecule is C[C@@H](NC(=O)NC[C@@H](O)COc1cccc(F)c1)c1ccc(S(N)(=O)=O)cc1. The molecule has 0 saturated heterocycles. The molecule has 0 aromatic heterocycles. The maximum absolute atomic E-state index is 13.0. The Hall–Kier alpha value is -2.69. The van der Waals surface area contributed by atoms with Crippen LogP contribution in [-0.2, 0) is 10.0 Å². The van der Waals surface area contributed by atoms with E-state index >= 15 is 0 Å². The Kier molecular flexibility index (Phi) is 7.32. The number of hydrogen-bond acceptors (Lipinski definition) is 5. The molecule has 0 aliphatic rings. The van der Waals surface area contributed by atoms with Crippen molar-refractivity contribution < 1.29 is 27.4 Å². The second-order valence-electron chi connectivity index (χ2n) is 6.11. The predicted molar refractivity (Wildman–Crippen MR) is 101 cm³/mol. The topological polar surface area (TPSA) is 131 Å². The summed E-state index contributed by atoms with van der Waals surface area (Å²) in [7, 11) is -3.77. The number of benzene rings is 2. The van der Waals surface area contributed by atoms with Gasteiger partial charge in [0, 0.05) is 12.6 Å². The van der Waals surface area contributed by atoms with Crippen LogP contribution >= 0.6 is 0 Å². The van der Waals surface area contributed by atoms with E-state index < -0.39 is 34.0 Å². The van der Waals surface area contributed by atoms with Crippen LogP contribution < -0.4 is 20.5 Å². The second-order valence-corrected chi connectivity index (χ2v) is 7.67. The quantitative estimate of drug-likeness (QED) is 0.520. The van der Waals surface area contributed by atoms with Gasteiger partial charge in [-0.05, 0) is 36.8 Å². The molecule has 152 valence electrons. The van der Waals surface area contributed by atoms with Crippen molar-refractivity contribution in [1.29, 1.82) is 0 Å². The number of urea groups is 1. The Bertz CT molecular complexity index is 906. The van der Waals surface area contributed by atoms with Crippen LogP contribution in [0.2, 0.25) is 0 Å². The van der Waals surface area contributed by atoms with Crippen molar-refractivity contribution in [2.45, 2.75) is 24.0 Å². The van der Waals surface area contributed by atoms with Gasteiger partial charge >= 0.3 is 6.03 Å². The number of aliphatic hydroxyl groups is 1. The van der Waals surface area contributed by atoms with Crippen LogP contribution in [0.15, 0.2) is 53.4 Å². The smallest absolute Gasteiger partial charge is 0.315 e. The number of amides is 2. The van der Waals surface area contributed by atoms with Gasteiger partial charge in [0.2, 0.25) is 10.0 Å². The first-order valence-electron chi connectivity index (χ1n) is 8.38. The minimum Gasteiger partial charge on any atom is -0.491 e. The van der Waals surface area contributed by atoms with Gasteiger partial charge < -0.3 is 20.5 Å². The van der Waals surface area contributed by atoms with Gasteiger partial charge in [-0.15, -0.1) is 0 Å². The molecule has 2 atom stereocenters. The predicted octanol–water partition coefficient (Wildman–Crippen LogP) is 1.27. The van der Waals surface area contributed by atoms with Crippen LogP contribution in [0, 0.1) is 5.82 Å². The molecule has 0 fully saturated rings. The van der Waals surface area contributed by atoms with Gasteiger partial charge in [0.1, 0.15) is 24.3 Å². The maximum Gasteiger partial charge on any atom is 0.315 e. The van der Waals surface area contributed by atoms with E-state index in [2.05, 4.69) is 10.6 Å². The summed E-state index contributed by atoms with van der Waals surface area (Å²) in [5.41, 5.74) is 0.678. The highest BCUT2D eigenvalue weighted by Crippen LogP contribution is 2.15. The van der Waals surface area contributed by atoms with Gasteiger partial charge in [0.05, 0.1) is 10.9 Å². The molecule has 0 bridgehead atoms. The van der Waals surface area contributed by atoms with Crippen molar-refractivity contribution in [2.75, 3.05) is 13.2 Å². The Morgan fingerprint density at radius 2 is 1.93 bits per heavy atom. The fraction of sp³-hybridized carbons (Fsp3) is 0.278. The van der Waals surface area contributed by atoms with Crippen molar-refractivity contribution in [3.8, 4) is 5.75 Å². The third-order valence-corrected chi connectivity index (χ3v) is 4.72. The molecule has 0 aliphatic heterocycles. The summed E-state index contributed by atoms with van der Waals surface area (Å²) in [4.78, 5) is 11.9. The number of aliphatic hydroxyl groups excluding tert-OH is 1. The van der Waals surface area contributed by atoms with Crippen LogP contribution in [0.3, 0.4) is 0 Å². The highest BCUT2D eigenvalue weighted by atomic mass is 32.2. The number of rotatable bonds is 8. The van der Waals surface area contributed by atoms with Crippen LogP contribution in [0.4, 0.5) is 9.18 Å². The number of carbonyl (C=O) groups is 1. The fourth-order valence-corrected chi connectivity index (χ4v) is 2.81. The van der Waals surface area contributed by atoms with E-state index in [1.807, 2.05) is 0 Å². The number of ether oxygens (including phenoxy) is 1. The van der Waals surface area contributed by atoms with E-state index in [9.17, 15) is 22.7 Å². The van der Waals surface area contributed by atoms with Crippen molar-refractivity contribution in [3.05, 3.63) is 59.9 Å². The zero-order chi connectivity index (χ0) is 20.7. The summed E-state index contributed by atoms with van der Waals surface area (Å²) in [5.74, 6) is -0.171. The third-order valence-electron chi connectivity index (χ3n) is 3.79. The molecule has 2 aromatic carbocycles. The summed E-state index contributed by atoms with van der Waals surface area (Å²) < 4.78 is 40.8. The largest absolute Gasteiger partial charge is 0.491 e. The normalized spacial score (nSPS) is 13.4. The minimum atomic E-state index is -3.77. The summed E-state index contributed by atoms with van der Waals surface area (Å²) >= 11 is 0. The van der Waals surface area contributed by atoms with E-state index in [0.717, 1.165) is 0 Å². The number of nitrogens with two attached hydrogens (primary N) is 1. The molecule has 0 spiro atoms. The van der Waals surface area contributed by atoms with Crippen molar-refractivity contribution >= 4 is 16.1 Å². The van der Waals surface area contributed by atoms with Crippen LogP contribution in [-0.4, -0.2) is 38.8 Å². The summed E-state index contributed by atoms with van der Waals surface area (Å²) in [5, 5.41) is 20.1. The molecule has 8 nitrogen and oxygen atoms in total. The number of hydrogen-bond donors (Lipinski definition) is 4. The molecule has 0 radical (unpaired) electrons. The Balaban J connectivity index is 1.76. The van der Waals surface area contributed by atoms with Gasteiger partial charge in [-0.1, -0.05) is 18.2 Å².